The van der Waals surface area contributed by atoms with E-state index in [1.807, 2.05) is 24.3 Å². The summed E-state index contributed by atoms with van der Waals surface area (Å²) >= 11 is 0. The summed E-state index contributed by atoms with van der Waals surface area (Å²) in [6.45, 7) is 4.04. The maximum absolute atomic E-state index is 11.9. The van der Waals surface area contributed by atoms with Gasteiger partial charge in [-0.3, -0.25) is 4.79 Å². The van der Waals surface area contributed by atoms with Gasteiger partial charge in [-0.1, -0.05) is 24.8 Å². The first-order chi connectivity index (χ1) is 11.2. The molecule has 5 heteroatoms. The third kappa shape index (κ3) is 5.00. The second-order valence-corrected chi connectivity index (χ2v) is 4.60. The Morgan fingerprint density at radius 3 is 2.70 bits per heavy atom. The van der Waals surface area contributed by atoms with Gasteiger partial charge in [0.25, 0.3) is 5.91 Å². The quantitative estimate of drug-likeness (QED) is 0.486. The minimum atomic E-state index is -0.289. The van der Waals surface area contributed by atoms with Crippen molar-refractivity contribution in [3.05, 3.63) is 72.3 Å². The number of methoxy groups -OCH3 is 1. The molecule has 0 heterocycles. The van der Waals surface area contributed by atoms with Crippen molar-refractivity contribution in [2.24, 2.45) is 5.10 Å². The van der Waals surface area contributed by atoms with Crippen molar-refractivity contribution in [1.82, 2.24) is 5.43 Å². The molecule has 0 aliphatic heterocycles. The predicted molar refractivity (Wildman–Crippen MR) is 90.2 cm³/mol. The lowest BCUT2D eigenvalue weighted by atomic mass is 10.2. The molecule has 5 nitrogen and oxygen atoms in total. The van der Waals surface area contributed by atoms with Crippen molar-refractivity contribution in [2.45, 2.75) is 0 Å². The van der Waals surface area contributed by atoms with Crippen molar-refractivity contribution < 1.29 is 14.3 Å². The number of amides is 1. The Hall–Kier alpha value is -3.08. The van der Waals surface area contributed by atoms with Gasteiger partial charge in [0.2, 0.25) is 0 Å². The third-order valence-corrected chi connectivity index (χ3v) is 2.96. The van der Waals surface area contributed by atoms with Crippen LogP contribution in [-0.4, -0.2) is 25.8 Å². The van der Waals surface area contributed by atoms with Crippen molar-refractivity contribution in [3.8, 4) is 11.5 Å². The summed E-state index contributed by atoms with van der Waals surface area (Å²) < 4.78 is 10.5. The van der Waals surface area contributed by atoms with Crippen molar-refractivity contribution >= 4 is 12.1 Å². The van der Waals surface area contributed by atoms with Crippen molar-refractivity contribution in [1.29, 1.82) is 0 Å². The van der Waals surface area contributed by atoms with Crippen LogP contribution in [0.25, 0.3) is 0 Å². The molecule has 0 unspecified atom stereocenters. The summed E-state index contributed by atoms with van der Waals surface area (Å²) in [5.41, 5.74) is 3.81. The minimum absolute atomic E-state index is 0.289. The molecule has 0 saturated carbocycles. The van der Waals surface area contributed by atoms with Gasteiger partial charge in [0.15, 0.2) is 0 Å². The van der Waals surface area contributed by atoms with Crippen LogP contribution < -0.4 is 14.9 Å². The largest absolute Gasteiger partial charge is 0.497 e. The highest BCUT2D eigenvalue weighted by Gasteiger charge is 2.03. The Morgan fingerprint density at radius 1 is 1.22 bits per heavy atom. The molecular weight excluding hydrogens is 292 g/mol. The summed E-state index contributed by atoms with van der Waals surface area (Å²) in [5.74, 6) is 1.12. The Morgan fingerprint density at radius 2 is 2.00 bits per heavy atom. The molecule has 0 aliphatic carbocycles. The molecule has 0 spiro atoms. The Balaban J connectivity index is 1.94. The zero-order chi connectivity index (χ0) is 16.5. The number of nitrogens with one attached hydrogen (secondary N) is 1. The molecular formula is C18H18N2O3. The molecule has 2 aromatic rings. The molecule has 0 aliphatic rings. The fourth-order valence-corrected chi connectivity index (χ4v) is 1.81. The highest BCUT2D eigenvalue weighted by Crippen LogP contribution is 2.12. The van der Waals surface area contributed by atoms with E-state index < -0.39 is 0 Å². The number of hydrogen-bond donors (Lipinski definition) is 1. The van der Waals surface area contributed by atoms with E-state index in [0.29, 0.717) is 17.9 Å². The highest BCUT2D eigenvalue weighted by molar-refractivity contribution is 5.95. The fourth-order valence-electron chi connectivity index (χ4n) is 1.81. The maximum Gasteiger partial charge on any atom is 0.271 e. The van der Waals surface area contributed by atoms with Crippen molar-refractivity contribution in [2.75, 3.05) is 13.7 Å². The molecule has 0 radical (unpaired) electrons. The average molecular weight is 310 g/mol. The van der Waals surface area contributed by atoms with E-state index in [1.54, 1.807) is 43.7 Å². The van der Waals surface area contributed by atoms with Gasteiger partial charge in [0.1, 0.15) is 18.1 Å². The lowest BCUT2D eigenvalue weighted by molar-refractivity contribution is 0.0955. The molecule has 118 valence electrons. The van der Waals surface area contributed by atoms with E-state index in [2.05, 4.69) is 17.1 Å². The average Bonchev–Trinajstić information content (AvgIpc) is 2.60. The van der Waals surface area contributed by atoms with Gasteiger partial charge in [0, 0.05) is 5.56 Å². The van der Waals surface area contributed by atoms with Gasteiger partial charge >= 0.3 is 0 Å². The number of nitrogens with zero attached hydrogens (tertiary/aromatic N) is 1. The fraction of sp³-hybridized carbons (Fsp3) is 0.111. The summed E-state index contributed by atoms with van der Waals surface area (Å²) in [4.78, 5) is 11.9. The summed E-state index contributed by atoms with van der Waals surface area (Å²) in [5, 5.41) is 3.95. The van der Waals surface area contributed by atoms with Crippen LogP contribution in [0.5, 0.6) is 11.5 Å². The van der Waals surface area contributed by atoms with E-state index >= 15 is 0 Å². The number of rotatable bonds is 7. The van der Waals surface area contributed by atoms with Crippen LogP contribution in [0.2, 0.25) is 0 Å². The molecule has 0 bridgehead atoms. The SMILES string of the molecule is C=CCOc1cccc(/C=N/NC(=O)c2ccc(OC)cc2)c1. The van der Waals surface area contributed by atoms with Crippen LogP contribution in [0.4, 0.5) is 0 Å². The first-order valence-corrected chi connectivity index (χ1v) is 7.04. The topological polar surface area (TPSA) is 59.9 Å². The summed E-state index contributed by atoms with van der Waals surface area (Å²) in [6.07, 6.45) is 3.23. The van der Waals surface area contributed by atoms with Crippen LogP contribution >= 0.6 is 0 Å². The van der Waals surface area contributed by atoms with Gasteiger partial charge in [0.05, 0.1) is 13.3 Å². The van der Waals surface area contributed by atoms with Crippen LogP contribution in [0, 0.1) is 0 Å². The smallest absolute Gasteiger partial charge is 0.271 e. The first kappa shape index (κ1) is 16.3. The molecule has 0 aromatic heterocycles. The number of benzene rings is 2. The summed E-state index contributed by atoms with van der Waals surface area (Å²) in [6, 6.07) is 14.2. The van der Waals surface area contributed by atoms with E-state index in [9.17, 15) is 4.79 Å². The van der Waals surface area contributed by atoms with E-state index in [0.717, 1.165) is 11.3 Å². The lowest BCUT2D eigenvalue weighted by Crippen LogP contribution is -2.17. The number of ether oxygens (including phenoxy) is 2. The molecule has 2 aromatic carbocycles. The molecule has 2 rings (SSSR count). The number of carbonyl (C=O) groups is 1. The van der Waals surface area contributed by atoms with E-state index in [-0.39, 0.29) is 5.91 Å². The van der Waals surface area contributed by atoms with Crippen molar-refractivity contribution in [3.63, 3.8) is 0 Å². The predicted octanol–water partition coefficient (Wildman–Crippen LogP) is 3.02. The van der Waals surface area contributed by atoms with Crippen LogP contribution in [0.15, 0.2) is 66.3 Å². The highest BCUT2D eigenvalue weighted by atomic mass is 16.5. The first-order valence-electron chi connectivity index (χ1n) is 7.04. The Kier molecular flexibility index (Phi) is 5.94. The molecule has 0 saturated heterocycles. The van der Waals surface area contributed by atoms with E-state index in [1.165, 1.54) is 0 Å². The zero-order valence-electron chi connectivity index (χ0n) is 12.9. The molecule has 23 heavy (non-hydrogen) atoms. The van der Waals surface area contributed by atoms with Gasteiger partial charge in [-0.25, -0.2) is 5.43 Å². The standard InChI is InChI=1S/C18H18N2O3/c1-3-11-23-17-6-4-5-14(12-17)13-19-20-18(21)15-7-9-16(22-2)10-8-15/h3-10,12-13H,1,11H2,2H3,(H,20,21)/b19-13+. The van der Waals surface area contributed by atoms with Crippen LogP contribution in [0.1, 0.15) is 15.9 Å². The molecule has 1 N–H and O–H groups in total. The normalized spacial score (nSPS) is 10.3. The third-order valence-electron chi connectivity index (χ3n) is 2.96. The molecule has 1 amide bonds. The van der Waals surface area contributed by atoms with Gasteiger partial charge in [-0.05, 0) is 42.0 Å². The number of hydrogen-bond acceptors (Lipinski definition) is 4. The van der Waals surface area contributed by atoms with Crippen LogP contribution in [-0.2, 0) is 0 Å². The minimum Gasteiger partial charge on any atom is -0.497 e. The van der Waals surface area contributed by atoms with Gasteiger partial charge in [-0.15, -0.1) is 0 Å². The lowest BCUT2D eigenvalue weighted by Gasteiger charge is -2.04. The maximum atomic E-state index is 11.9. The number of hydrazone groups is 1. The Bertz CT molecular complexity index is 694. The van der Waals surface area contributed by atoms with Gasteiger partial charge < -0.3 is 9.47 Å². The monoisotopic (exact) mass is 310 g/mol. The van der Waals surface area contributed by atoms with Crippen LogP contribution in [0.3, 0.4) is 0 Å². The second kappa shape index (κ2) is 8.38. The Labute approximate surface area is 135 Å². The zero-order valence-corrected chi connectivity index (χ0v) is 12.9. The molecule has 0 fully saturated rings. The molecule has 0 atom stereocenters. The van der Waals surface area contributed by atoms with E-state index in [4.69, 9.17) is 9.47 Å². The van der Waals surface area contributed by atoms with Gasteiger partial charge in [-0.2, -0.15) is 5.10 Å². The summed E-state index contributed by atoms with van der Waals surface area (Å²) in [7, 11) is 1.58. The second-order valence-electron chi connectivity index (χ2n) is 4.60. The number of carbonyl (C=O) groups excluding carboxylic acids is 1.